The summed E-state index contributed by atoms with van der Waals surface area (Å²) in [6.07, 6.45) is 1.85. The lowest BCUT2D eigenvalue weighted by Gasteiger charge is -2.19. The molecule has 0 bridgehead atoms. The number of pyridine rings is 1. The molecule has 0 aliphatic carbocycles. The van der Waals surface area contributed by atoms with Crippen LogP contribution in [0, 0.1) is 12.3 Å². The van der Waals surface area contributed by atoms with E-state index < -0.39 is 0 Å². The number of aromatic nitrogens is 1. The molecule has 0 aliphatic heterocycles. The van der Waals surface area contributed by atoms with Crippen LogP contribution in [0.25, 0.3) is 0 Å². The van der Waals surface area contributed by atoms with E-state index in [0.717, 1.165) is 12.1 Å². The molecule has 0 aliphatic rings. The number of nitrogens with zero attached hydrogens (tertiary/aromatic N) is 1. The standard InChI is InChI=1S/C11H17NO/c1-9-6-5-7-12(10(9)13)8-11(2,3)4/h5-7H,8H2,1-4H3. The van der Waals surface area contributed by atoms with Gasteiger partial charge in [-0.05, 0) is 18.4 Å². The van der Waals surface area contributed by atoms with Crippen molar-refractivity contribution in [3.05, 3.63) is 34.2 Å². The minimum atomic E-state index is 0.123. The zero-order valence-electron chi connectivity index (χ0n) is 8.79. The molecule has 1 aromatic rings. The molecule has 0 atom stereocenters. The summed E-state index contributed by atoms with van der Waals surface area (Å²) in [5, 5.41) is 0. The van der Waals surface area contributed by atoms with Gasteiger partial charge in [0.25, 0.3) is 5.56 Å². The average Bonchev–Trinajstić information content (AvgIpc) is 1.96. The minimum Gasteiger partial charge on any atom is -0.315 e. The van der Waals surface area contributed by atoms with Gasteiger partial charge in [-0.3, -0.25) is 4.79 Å². The normalized spacial score (nSPS) is 11.7. The fourth-order valence-electron chi connectivity index (χ4n) is 1.29. The van der Waals surface area contributed by atoms with Crippen LogP contribution in [0.4, 0.5) is 0 Å². The molecule has 0 fully saturated rings. The maximum Gasteiger partial charge on any atom is 0.253 e. The van der Waals surface area contributed by atoms with Crippen molar-refractivity contribution in [1.82, 2.24) is 4.57 Å². The zero-order chi connectivity index (χ0) is 10.1. The van der Waals surface area contributed by atoms with E-state index in [-0.39, 0.29) is 11.0 Å². The summed E-state index contributed by atoms with van der Waals surface area (Å²) in [5.41, 5.74) is 1.08. The molecular weight excluding hydrogens is 162 g/mol. The van der Waals surface area contributed by atoms with Crippen LogP contribution in [-0.4, -0.2) is 4.57 Å². The maximum absolute atomic E-state index is 11.6. The fraction of sp³-hybridized carbons (Fsp3) is 0.545. The Labute approximate surface area is 79.2 Å². The second kappa shape index (κ2) is 3.36. The highest BCUT2D eigenvalue weighted by Gasteiger charge is 2.11. The molecule has 2 nitrogen and oxygen atoms in total. The van der Waals surface area contributed by atoms with Gasteiger partial charge in [0, 0.05) is 18.3 Å². The monoisotopic (exact) mass is 179 g/mol. The molecule has 2 heteroatoms. The van der Waals surface area contributed by atoms with Gasteiger partial charge in [-0.1, -0.05) is 26.8 Å². The molecular formula is C11H17NO. The third kappa shape index (κ3) is 2.72. The maximum atomic E-state index is 11.6. The molecule has 0 saturated carbocycles. The van der Waals surface area contributed by atoms with Gasteiger partial charge in [0.1, 0.15) is 0 Å². The second-order valence-corrected chi connectivity index (χ2v) is 4.68. The molecule has 1 aromatic heterocycles. The van der Waals surface area contributed by atoms with Gasteiger partial charge in [0.15, 0.2) is 0 Å². The lowest BCUT2D eigenvalue weighted by atomic mass is 9.97. The topological polar surface area (TPSA) is 22.0 Å². The van der Waals surface area contributed by atoms with Crippen molar-refractivity contribution < 1.29 is 0 Å². The first-order valence-electron chi connectivity index (χ1n) is 4.56. The van der Waals surface area contributed by atoms with Crippen molar-refractivity contribution in [2.45, 2.75) is 34.2 Å². The summed E-state index contributed by atoms with van der Waals surface area (Å²) in [4.78, 5) is 11.6. The molecule has 0 unspecified atom stereocenters. The summed E-state index contributed by atoms with van der Waals surface area (Å²) in [5.74, 6) is 0. The quantitative estimate of drug-likeness (QED) is 0.647. The van der Waals surface area contributed by atoms with Gasteiger partial charge in [-0.15, -0.1) is 0 Å². The Morgan fingerprint density at radius 2 is 2.00 bits per heavy atom. The van der Waals surface area contributed by atoms with Crippen LogP contribution < -0.4 is 5.56 Å². The van der Waals surface area contributed by atoms with Crippen LogP contribution in [0.1, 0.15) is 26.3 Å². The van der Waals surface area contributed by atoms with Crippen molar-refractivity contribution >= 4 is 0 Å². The lowest BCUT2D eigenvalue weighted by Crippen LogP contribution is -2.27. The fourth-order valence-corrected chi connectivity index (χ4v) is 1.29. The van der Waals surface area contributed by atoms with Crippen molar-refractivity contribution in [3.63, 3.8) is 0 Å². The van der Waals surface area contributed by atoms with Crippen LogP contribution in [0.3, 0.4) is 0 Å². The molecule has 13 heavy (non-hydrogen) atoms. The van der Waals surface area contributed by atoms with Gasteiger partial charge >= 0.3 is 0 Å². The molecule has 0 spiro atoms. The van der Waals surface area contributed by atoms with Gasteiger partial charge < -0.3 is 4.57 Å². The van der Waals surface area contributed by atoms with Gasteiger partial charge in [-0.2, -0.15) is 0 Å². The Morgan fingerprint density at radius 3 is 2.54 bits per heavy atom. The second-order valence-electron chi connectivity index (χ2n) is 4.68. The number of hydrogen-bond acceptors (Lipinski definition) is 1. The van der Waals surface area contributed by atoms with E-state index in [4.69, 9.17) is 0 Å². The Morgan fingerprint density at radius 1 is 1.38 bits per heavy atom. The smallest absolute Gasteiger partial charge is 0.253 e. The van der Waals surface area contributed by atoms with Crippen LogP contribution in [0.2, 0.25) is 0 Å². The first kappa shape index (κ1) is 10.0. The Balaban J connectivity index is 3.03. The number of aryl methyl sites for hydroxylation is 1. The van der Waals surface area contributed by atoms with Crippen molar-refractivity contribution in [2.75, 3.05) is 0 Å². The van der Waals surface area contributed by atoms with Gasteiger partial charge in [-0.25, -0.2) is 0 Å². The van der Waals surface area contributed by atoms with E-state index in [9.17, 15) is 4.79 Å². The lowest BCUT2D eigenvalue weighted by molar-refractivity contribution is 0.338. The molecule has 0 amide bonds. The Kier molecular flexibility index (Phi) is 2.60. The van der Waals surface area contributed by atoms with E-state index in [0.29, 0.717) is 0 Å². The summed E-state index contributed by atoms with van der Waals surface area (Å²) in [6, 6.07) is 3.77. The van der Waals surface area contributed by atoms with Crippen LogP contribution in [-0.2, 0) is 6.54 Å². The summed E-state index contributed by atoms with van der Waals surface area (Å²) in [7, 11) is 0. The first-order valence-corrected chi connectivity index (χ1v) is 4.56. The highest BCUT2D eigenvalue weighted by atomic mass is 16.1. The molecule has 1 heterocycles. The first-order chi connectivity index (χ1) is 5.90. The predicted molar refractivity (Wildman–Crippen MR) is 54.9 cm³/mol. The largest absolute Gasteiger partial charge is 0.315 e. The molecule has 0 saturated heterocycles. The third-order valence-electron chi connectivity index (χ3n) is 1.86. The summed E-state index contributed by atoms with van der Waals surface area (Å²) < 4.78 is 1.77. The predicted octanol–water partition coefficient (Wildman–Crippen LogP) is 2.20. The zero-order valence-corrected chi connectivity index (χ0v) is 8.79. The molecule has 0 radical (unpaired) electrons. The van der Waals surface area contributed by atoms with Crippen LogP contribution in [0.15, 0.2) is 23.1 Å². The molecule has 72 valence electrons. The van der Waals surface area contributed by atoms with E-state index in [1.165, 1.54) is 0 Å². The Hall–Kier alpha value is -1.05. The van der Waals surface area contributed by atoms with Crippen molar-refractivity contribution in [3.8, 4) is 0 Å². The molecule has 0 aromatic carbocycles. The Bertz CT molecular complexity index is 344. The highest BCUT2D eigenvalue weighted by molar-refractivity contribution is 5.07. The van der Waals surface area contributed by atoms with E-state index in [2.05, 4.69) is 20.8 Å². The summed E-state index contributed by atoms with van der Waals surface area (Å²) >= 11 is 0. The molecule has 1 rings (SSSR count). The van der Waals surface area contributed by atoms with E-state index in [1.54, 1.807) is 4.57 Å². The van der Waals surface area contributed by atoms with E-state index >= 15 is 0 Å². The van der Waals surface area contributed by atoms with E-state index in [1.807, 2.05) is 25.3 Å². The minimum absolute atomic E-state index is 0.123. The van der Waals surface area contributed by atoms with Crippen molar-refractivity contribution in [2.24, 2.45) is 5.41 Å². The van der Waals surface area contributed by atoms with Crippen molar-refractivity contribution in [1.29, 1.82) is 0 Å². The van der Waals surface area contributed by atoms with Gasteiger partial charge in [0.05, 0.1) is 0 Å². The summed E-state index contributed by atoms with van der Waals surface area (Å²) in [6.45, 7) is 9.00. The van der Waals surface area contributed by atoms with Crippen LogP contribution >= 0.6 is 0 Å². The van der Waals surface area contributed by atoms with Crippen LogP contribution in [0.5, 0.6) is 0 Å². The SMILES string of the molecule is Cc1cccn(CC(C)(C)C)c1=O. The van der Waals surface area contributed by atoms with Gasteiger partial charge in [0.2, 0.25) is 0 Å². The third-order valence-corrected chi connectivity index (χ3v) is 1.86. The highest BCUT2D eigenvalue weighted by Crippen LogP contribution is 2.14. The average molecular weight is 179 g/mol. The number of rotatable bonds is 1. The molecule has 0 N–H and O–H groups in total. The number of hydrogen-bond donors (Lipinski definition) is 0.